The van der Waals surface area contributed by atoms with E-state index in [1.54, 1.807) is 6.07 Å². The largest absolute Gasteiger partial charge is 0.293 e. The minimum Gasteiger partial charge on any atom is -0.274 e. The average molecular weight is 585 g/mol. The van der Waals surface area contributed by atoms with Crippen molar-refractivity contribution in [2.75, 3.05) is 4.90 Å². The highest BCUT2D eigenvalue weighted by atomic mass is 16.6. The maximum Gasteiger partial charge on any atom is 0.293 e. The van der Waals surface area contributed by atoms with Crippen LogP contribution in [0.5, 0.6) is 0 Å². The first-order valence-corrected chi connectivity index (χ1v) is 14.8. The summed E-state index contributed by atoms with van der Waals surface area (Å²) < 4.78 is 0. The van der Waals surface area contributed by atoms with Gasteiger partial charge in [0.2, 0.25) is 11.8 Å². The molecule has 3 fully saturated rings. The van der Waals surface area contributed by atoms with Gasteiger partial charge in [0.05, 0.1) is 34.0 Å². The molecule has 2 aliphatic heterocycles. The number of hydrogen-bond donors (Lipinski definition) is 0. The zero-order valence-electron chi connectivity index (χ0n) is 23.1. The van der Waals surface area contributed by atoms with Crippen molar-refractivity contribution in [2.45, 2.75) is 17.8 Å². The van der Waals surface area contributed by atoms with Gasteiger partial charge in [0.25, 0.3) is 17.5 Å². The number of rotatable bonds is 4. The molecule has 0 radical (unpaired) electrons. The second-order valence-corrected chi connectivity index (χ2v) is 12.5. The summed E-state index contributed by atoms with van der Waals surface area (Å²) in [6, 6.07) is 20.9. The number of allylic oxidation sites excluding steroid dienone is 2. The Morgan fingerprint density at radius 3 is 1.93 bits per heavy atom. The number of amides is 4. The van der Waals surface area contributed by atoms with E-state index in [0.717, 1.165) is 38.6 Å². The number of imide groups is 2. The minimum absolute atomic E-state index is 0.0139. The molecule has 7 aliphatic rings. The molecule has 0 unspecified atom stereocenters. The van der Waals surface area contributed by atoms with E-state index in [9.17, 15) is 29.3 Å². The highest BCUT2D eigenvalue weighted by Crippen LogP contribution is 2.64. The average Bonchev–Trinajstić information content (AvgIpc) is 3.78. The van der Waals surface area contributed by atoms with Crippen molar-refractivity contribution in [3.05, 3.63) is 117 Å². The summed E-state index contributed by atoms with van der Waals surface area (Å²) in [7, 11) is 0. The Hall–Kier alpha value is -5.25. The molecule has 6 atom stereocenters. The Morgan fingerprint density at radius 2 is 1.32 bits per heavy atom. The van der Waals surface area contributed by atoms with E-state index in [0.29, 0.717) is 0 Å². The first-order chi connectivity index (χ1) is 21.3. The van der Waals surface area contributed by atoms with E-state index in [-0.39, 0.29) is 35.0 Å². The lowest BCUT2D eigenvalue weighted by atomic mass is 9.47. The molecule has 2 saturated heterocycles. The van der Waals surface area contributed by atoms with Crippen LogP contribution in [-0.4, -0.2) is 39.8 Å². The molecule has 0 N–H and O–H groups in total. The van der Waals surface area contributed by atoms with Crippen LogP contribution in [0.2, 0.25) is 0 Å². The van der Waals surface area contributed by atoms with Gasteiger partial charge in [-0.3, -0.25) is 29.3 Å². The highest BCUT2D eigenvalue weighted by Gasteiger charge is 2.69. The molecule has 0 spiro atoms. The number of nitro benzene ring substituents is 1. The number of benzene rings is 3. The normalized spacial score (nSPS) is 33.8. The molecule has 10 heteroatoms. The lowest BCUT2D eigenvalue weighted by molar-refractivity contribution is -0.384. The maximum absolute atomic E-state index is 14.6. The minimum atomic E-state index is -1.31. The van der Waals surface area contributed by atoms with Crippen LogP contribution in [0.25, 0.3) is 0 Å². The van der Waals surface area contributed by atoms with E-state index < -0.39 is 51.7 Å². The summed E-state index contributed by atoms with van der Waals surface area (Å²) in [6.07, 6.45) is 6.35. The molecule has 3 aromatic rings. The van der Waals surface area contributed by atoms with E-state index in [1.807, 2.05) is 60.7 Å². The number of fused-ring (bicyclic) bond motifs is 5. The zero-order chi connectivity index (χ0) is 30.1. The summed E-state index contributed by atoms with van der Waals surface area (Å²) in [4.78, 5) is 68.5. The molecule has 10 nitrogen and oxygen atoms in total. The number of carbonyl (C=O) groups excluding carboxylic acids is 4. The quantitative estimate of drug-likeness (QED) is 0.150. The molecule has 44 heavy (non-hydrogen) atoms. The first kappa shape index (κ1) is 25.3. The highest BCUT2D eigenvalue weighted by molar-refractivity contribution is 6.25. The predicted octanol–water partition coefficient (Wildman–Crippen LogP) is 3.94. The van der Waals surface area contributed by atoms with Crippen molar-refractivity contribution in [1.29, 1.82) is 0 Å². The van der Waals surface area contributed by atoms with E-state index in [4.69, 9.17) is 0 Å². The van der Waals surface area contributed by atoms with Crippen molar-refractivity contribution < 1.29 is 24.1 Å². The van der Waals surface area contributed by atoms with Crippen LogP contribution >= 0.6 is 0 Å². The van der Waals surface area contributed by atoms with Gasteiger partial charge in [-0.15, -0.1) is 0 Å². The Bertz CT molecular complexity index is 1870. The topological polar surface area (TPSA) is 130 Å². The van der Waals surface area contributed by atoms with Crippen LogP contribution in [0.1, 0.15) is 34.6 Å². The fourth-order valence-corrected chi connectivity index (χ4v) is 9.24. The Labute approximate surface area is 250 Å². The fraction of sp³-hybridized carbons (Fsp3) is 0.265. The van der Waals surface area contributed by atoms with Crippen LogP contribution < -0.4 is 4.90 Å². The molecule has 216 valence electrons. The van der Waals surface area contributed by atoms with Crippen LogP contribution in [0.15, 0.2) is 90.0 Å². The van der Waals surface area contributed by atoms with Gasteiger partial charge in [-0.05, 0) is 46.6 Å². The molecule has 10 rings (SSSR count). The van der Waals surface area contributed by atoms with E-state index in [2.05, 4.69) is 5.10 Å². The molecule has 2 heterocycles. The lowest BCUT2D eigenvalue weighted by Gasteiger charge is -2.52. The number of nitrogens with zero attached hydrogens (tertiary/aromatic N) is 4. The van der Waals surface area contributed by atoms with Crippen molar-refractivity contribution in [3.63, 3.8) is 0 Å². The number of nitro groups is 1. The third-order valence-electron chi connectivity index (χ3n) is 10.8. The second kappa shape index (κ2) is 8.43. The summed E-state index contributed by atoms with van der Waals surface area (Å²) in [5.74, 6) is -4.98. The van der Waals surface area contributed by atoms with Gasteiger partial charge in [0.1, 0.15) is 5.69 Å². The Morgan fingerprint density at radius 1 is 0.750 bits per heavy atom. The molecular weight excluding hydrogens is 560 g/mol. The summed E-state index contributed by atoms with van der Waals surface area (Å²) in [6.45, 7) is 0. The third kappa shape index (κ3) is 2.83. The second-order valence-electron chi connectivity index (χ2n) is 12.5. The lowest BCUT2D eigenvalue weighted by Crippen LogP contribution is -2.55. The number of hydrazone groups is 1. The van der Waals surface area contributed by atoms with E-state index in [1.165, 1.54) is 24.4 Å². The van der Waals surface area contributed by atoms with Crippen molar-refractivity contribution in [3.8, 4) is 0 Å². The number of carbonyl (C=O) groups is 4. The van der Waals surface area contributed by atoms with Gasteiger partial charge in [0, 0.05) is 18.2 Å². The monoisotopic (exact) mass is 584 g/mol. The predicted molar refractivity (Wildman–Crippen MR) is 156 cm³/mol. The standard InChI is InChI=1S/C34H24N4O6/c39-30-28-27-19-7-1-3-9-21(19)34(22-10-4-2-8-20(22)27,29(28)33(42)36(30)23-11-5-6-12-24(23)38(43)44)16-35-37-31(40)25-17-13-14-18(15-17)26(25)32(37)41/h1-14,16-18,25-29H,15H2/b35-16-/t17-,18-,25-,26+,27?,28-,29-,34?/m0/s1. The van der Waals surface area contributed by atoms with Crippen molar-refractivity contribution >= 4 is 41.2 Å². The van der Waals surface area contributed by atoms with Crippen molar-refractivity contribution in [2.24, 2.45) is 40.6 Å². The maximum atomic E-state index is 14.6. The van der Waals surface area contributed by atoms with Crippen LogP contribution in [0.4, 0.5) is 11.4 Å². The Kier molecular flexibility index (Phi) is 4.84. The summed E-state index contributed by atoms with van der Waals surface area (Å²) in [5, 5.41) is 17.6. The van der Waals surface area contributed by atoms with Crippen LogP contribution in [0, 0.1) is 45.6 Å². The smallest absolute Gasteiger partial charge is 0.274 e. The van der Waals surface area contributed by atoms with Crippen LogP contribution in [0.3, 0.4) is 0 Å². The molecule has 5 aliphatic carbocycles. The number of para-hydroxylation sites is 2. The van der Waals surface area contributed by atoms with Gasteiger partial charge in [0.15, 0.2) is 0 Å². The van der Waals surface area contributed by atoms with Crippen molar-refractivity contribution in [1.82, 2.24) is 5.01 Å². The SMILES string of the molecule is O=C1[C@@H]2[C@H](C(=O)N1/N=C\C13c4ccccc4C(c4ccccc41)[C@@H]1C(=O)N(c4ccccc4[N+](=O)[O-])C(=O)[C@H]13)[C@H]1C=C[C@H]2C1. The summed E-state index contributed by atoms with van der Waals surface area (Å²) >= 11 is 0. The first-order valence-electron chi connectivity index (χ1n) is 14.8. The van der Waals surface area contributed by atoms with Crippen LogP contribution in [-0.2, 0) is 24.6 Å². The number of hydrogen-bond acceptors (Lipinski definition) is 7. The molecule has 0 aromatic heterocycles. The van der Waals surface area contributed by atoms with Gasteiger partial charge in [-0.2, -0.15) is 10.1 Å². The van der Waals surface area contributed by atoms with Gasteiger partial charge in [-0.25, -0.2) is 4.90 Å². The van der Waals surface area contributed by atoms with E-state index >= 15 is 0 Å². The zero-order valence-corrected chi connectivity index (χ0v) is 23.1. The molecule has 1 saturated carbocycles. The van der Waals surface area contributed by atoms with Gasteiger partial charge >= 0.3 is 0 Å². The van der Waals surface area contributed by atoms with Gasteiger partial charge < -0.3 is 0 Å². The molecular formula is C34H24N4O6. The Balaban J connectivity index is 1.25. The number of anilines is 1. The third-order valence-corrected chi connectivity index (χ3v) is 10.8. The fourth-order valence-electron chi connectivity index (χ4n) is 9.24. The molecule has 4 amide bonds. The van der Waals surface area contributed by atoms with Gasteiger partial charge in [-0.1, -0.05) is 72.8 Å². The summed E-state index contributed by atoms with van der Waals surface area (Å²) in [5.41, 5.74) is 1.49. The molecule has 4 bridgehead atoms. The molecule has 3 aromatic carbocycles.